The first-order chi connectivity index (χ1) is 9.17. The summed E-state index contributed by atoms with van der Waals surface area (Å²) in [4.78, 5) is 2.33. The lowest BCUT2D eigenvalue weighted by Crippen LogP contribution is -2.27. The minimum Gasteiger partial charge on any atom is -0.468 e. The highest BCUT2D eigenvalue weighted by Crippen LogP contribution is 2.13. The Morgan fingerprint density at radius 2 is 2.21 bits per heavy atom. The minimum absolute atomic E-state index is 0.671. The summed E-state index contributed by atoms with van der Waals surface area (Å²) in [5.41, 5.74) is 1.26. The Balaban J connectivity index is 2.46. The molecule has 0 fully saturated rings. The van der Waals surface area contributed by atoms with E-state index in [0.29, 0.717) is 5.92 Å². The molecule has 0 spiro atoms. The predicted molar refractivity (Wildman–Crippen MR) is 78.1 cm³/mol. The van der Waals surface area contributed by atoms with Gasteiger partial charge in [0.1, 0.15) is 5.76 Å². The van der Waals surface area contributed by atoms with Gasteiger partial charge in [-0.05, 0) is 25.1 Å². The smallest absolute Gasteiger partial charge is 0.122 e. The lowest BCUT2D eigenvalue weighted by molar-refractivity contribution is 0.142. The fraction of sp³-hybridized carbons (Fsp3) is 0.733. The van der Waals surface area contributed by atoms with Gasteiger partial charge in [-0.15, -0.1) is 0 Å². The normalized spacial score (nSPS) is 11.7. The second kappa shape index (κ2) is 9.13. The van der Waals surface area contributed by atoms with Crippen molar-refractivity contribution in [2.75, 3.05) is 33.4 Å². The Hall–Kier alpha value is -0.840. The van der Waals surface area contributed by atoms with E-state index in [1.54, 1.807) is 13.4 Å². The van der Waals surface area contributed by atoms with Gasteiger partial charge in [0.05, 0.1) is 19.4 Å². The average Bonchev–Trinajstić information content (AvgIpc) is 2.81. The molecule has 1 aromatic heterocycles. The predicted octanol–water partition coefficient (Wildman–Crippen LogP) is 2.49. The summed E-state index contributed by atoms with van der Waals surface area (Å²) in [5.74, 6) is 1.73. The van der Waals surface area contributed by atoms with Gasteiger partial charge in [0.25, 0.3) is 0 Å². The Bertz CT molecular complexity index is 337. The van der Waals surface area contributed by atoms with Gasteiger partial charge < -0.3 is 14.5 Å². The molecular weight excluding hydrogens is 240 g/mol. The van der Waals surface area contributed by atoms with E-state index in [2.05, 4.69) is 37.1 Å². The van der Waals surface area contributed by atoms with Crippen LogP contribution in [0.25, 0.3) is 0 Å². The zero-order chi connectivity index (χ0) is 14.1. The SMILES string of the molecule is CCN(CCOC)Cc1occc1CNCC(C)C. The van der Waals surface area contributed by atoms with Crippen LogP contribution >= 0.6 is 0 Å². The van der Waals surface area contributed by atoms with Gasteiger partial charge in [-0.3, -0.25) is 4.90 Å². The van der Waals surface area contributed by atoms with Crippen molar-refractivity contribution in [2.24, 2.45) is 5.92 Å². The van der Waals surface area contributed by atoms with Gasteiger partial charge in [-0.25, -0.2) is 0 Å². The Morgan fingerprint density at radius 1 is 1.42 bits per heavy atom. The number of nitrogens with one attached hydrogen (secondary N) is 1. The Kier molecular flexibility index (Phi) is 7.79. The first-order valence-corrected chi connectivity index (χ1v) is 7.14. The van der Waals surface area contributed by atoms with Gasteiger partial charge in [-0.1, -0.05) is 20.8 Å². The molecule has 4 nitrogen and oxygen atoms in total. The number of likely N-dealkylation sites (N-methyl/N-ethyl adjacent to an activating group) is 1. The van der Waals surface area contributed by atoms with Crippen LogP contribution in [-0.2, 0) is 17.8 Å². The molecule has 4 heteroatoms. The summed E-state index contributed by atoms with van der Waals surface area (Å²) in [6, 6.07) is 2.06. The molecule has 1 aromatic rings. The van der Waals surface area contributed by atoms with E-state index >= 15 is 0 Å². The molecule has 1 heterocycles. The summed E-state index contributed by atoms with van der Waals surface area (Å²) in [6.45, 7) is 12.1. The quantitative estimate of drug-likeness (QED) is 0.707. The summed E-state index contributed by atoms with van der Waals surface area (Å²) in [5, 5.41) is 3.46. The number of ether oxygens (including phenoxy) is 1. The van der Waals surface area contributed by atoms with Crippen LogP contribution < -0.4 is 5.32 Å². The van der Waals surface area contributed by atoms with Crippen LogP contribution in [0.1, 0.15) is 32.1 Å². The van der Waals surface area contributed by atoms with Crippen LogP contribution in [0.5, 0.6) is 0 Å². The number of nitrogens with zero attached hydrogens (tertiary/aromatic N) is 1. The van der Waals surface area contributed by atoms with Crippen LogP contribution in [0.15, 0.2) is 16.7 Å². The second-order valence-corrected chi connectivity index (χ2v) is 5.26. The number of hydrogen-bond acceptors (Lipinski definition) is 4. The van der Waals surface area contributed by atoms with Crippen molar-refractivity contribution in [1.29, 1.82) is 0 Å². The van der Waals surface area contributed by atoms with E-state index in [1.807, 2.05) is 0 Å². The van der Waals surface area contributed by atoms with Gasteiger partial charge in [-0.2, -0.15) is 0 Å². The molecule has 0 unspecified atom stereocenters. The molecule has 0 aromatic carbocycles. The zero-order valence-electron chi connectivity index (χ0n) is 12.7. The van der Waals surface area contributed by atoms with E-state index in [-0.39, 0.29) is 0 Å². The monoisotopic (exact) mass is 268 g/mol. The molecule has 1 N–H and O–H groups in total. The molecule has 0 aliphatic rings. The molecule has 0 saturated carbocycles. The highest BCUT2D eigenvalue weighted by atomic mass is 16.5. The van der Waals surface area contributed by atoms with Crippen LogP contribution in [0, 0.1) is 5.92 Å². The van der Waals surface area contributed by atoms with Crippen molar-refractivity contribution < 1.29 is 9.15 Å². The van der Waals surface area contributed by atoms with Crippen LogP contribution in [0.3, 0.4) is 0 Å². The summed E-state index contributed by atoms with van der Waals surface area (Å²) in [7, 11) is 1.74. The van der Waals surface area contributed by atoms with E-state index in [0.717, 1.165) is 45.1 Å². The van der Waals surface area contributed by atoms with Crippen molar-refractivity contribution in [1.82, 2.24) is 10.2 Å². The van der Waals surface area contributed by atoms with E-state index in [4.69, 9.17) is 9.15 Å². The molecular formula is C15H28N2O2. The van der Waals surface area contributed by atoms with Gasteiger partial charge >= 0.3 is 0 Å². The third-order valence-corrected chi connectivity index (χ3v) is 3.13. The second-order valence-electron chi connectivity index (χ2n) is 5.26. The van der Waals surface area contributed by atoms with Crippen molar-refractivity contribution in [3.05, 3.63) is 23.7 Å². The van der Waals surface area contributed by atoms with Gasteiger partial charge in [0, 0.05) is 25.8 Å². The highest BCUT2D eigenvalue weighted by Gasteiger charge is 2.10. The summed E-state index contributed by atoms with van der Waals surface area (Å²) in [6.07, 6.45) is 1.78. The molecule has 19 heavy (non-hydrogen) atoms. The standard InChI is InChI=1S/C15H28N2O2/c1-5-17(7-9-18-4)12-15-14(6-8-19-15)11-16-10-13(2)3/h6,8,13,16H,5,7,9-12H2,1-4H3. The molecule has 0 radical (unpaired) electrons. The molecule has 0 atom stereocenters. The first-order valence-electron chi connectivity index (χ1n) is 7.14. The Morgan fingerprint density at radius 3 is 2.84 bits per heavy atom. The number of hydrogen-bond donors (Lipinski definition) is 1. The third-order valence-electron chi connectivity index (χ3n) is 3.13. The number of methoxy groups -OCH3 is 1. The lowest BCUT2D eigenvalue weighted by atomic mass is 10.2. The zero-order valence-corrected chi connectivity index (χ0v) is 12.7. The topological polar surface area (TPSA) is 37.6 Å². The summed E-state index contributed by atoms with van der Waals surface area (Å²) < 4.78 is 10.7. The minimum atomic E-state index is 0.671. The first kappa shape index (κ1) is 16.2. The van der Waals surface area contributed by atoms with Crippen LogP contribution in [-0.4, -0.2) is 38.3 Å². The van der Waals surface area contributed by atoms with E-state index in [9.17, 15) is 0 Å². The maximum atomic E-state index is 5.61. The van der Waals surface area contributed by atoms with E-state index < -0.39 is 0 Å². The van der Waals surface area contributed by atoms with Gasteiger partial charge in [0.15, 0.2) is 0 Å². The Labute approximate surface area is 117 Å². The maximum absolute atomic E-state index is 5.61. The van der Waals surface area contributed by atoms with Crippen molar-refractivity contribution in [2.45, 2.75) is 33.9 Å². The fourth-order valence-electron chi connectivity index (χ4n) is 1.93. The van der Waals surface area contributed by atoms with Crippen molar-refractivity contribution >= 4 is 0 Å². The van der Waals surface area contributed by atoms with Crippen molar-refractivity contribution in [3.8, 4) is 0 Å². The molecule has 0 aliphatic heterocycles. The molecule has 1 rings (SSSR count). The third kappa shape index (κ3) is 6.23. The molecule has 0 amide bonds. The van der Waals surface area contributed by atoms with Gasteiger partial charge in [0.2, 0.25) is 0 Å². The molecule has 0 aliphatic carbocycles. The molecule has 110 valence electrons. The fourth-order valence-corrected chi connectivity index (χ4v) is 1.93. The highest BCUT2D eigenvalue weighted by molar-refractivity contribution is 5.16. The number of furan rings is 1. The maximum Gasteiger partial charge on any atom is 0.122 e. The van der Waals surface area contributed by atoms with Crippen LogP contribution in [0.2, 0.25) is 0 Å². The average molecular weight is 268 g/mol. The van der Waals surface area contributed by atoms with Crippen LogP contribution in [0.4, 0.5) is 0 Å². The largest absolute Gasteiger partial charge is 0.468 e. The van der Waals surface area contributed by atoms with E-state index in [1.165, 1.54) is 5.56 Å². The molecule has 0 bridgehead atoms. The molecule has 0 saturated heterocycles. The number of rotatable bonds is 10. The van der Waals surface area contributed by atoms with Crippen molar-refractivity contribution in [3.63, 3.8) is 0 Å². The lowest BCUT2D eigenvalue weighted by Gasteiger charge is -2.19. The summed E-state index contributed by atoms with van der Waals surface area (Å²) >= 11 is 0.